The Kier molecular flexibility index (Phi) is 6.22. The molecule has 1 N–H and O–H groups in total. The molecular weight excluding hydrogens is 350 g/mol. The minimum atomic E-state index is -0.102. The number of nitrogens with zero attached hydrogens (tertiary/aromatic N) is 2. The van der Waals surface area contributed by atoms with Crippen LogP contribution >= 0.6 is 11.6 Å². The molecular formula is C20H26ClN3O2. The Hall–Kier alpha value is -1.98. The van der Waals surface area contributed by atoms with Gasteiger partial charge >= 0.3 is 0 Å². The maximum absolute atomic E-state index is 12.6. The van der Waals surface area contributed by atoms with Crippen LogP contribution in [0.15, 0.2) is 36.5 Å². The number of hydrogen-bond acceptors (Lipinski definition) is 3. The van der Waals surface area contributed by atoms with E-state index in [4.69, 9.17) is 16.3 Å². The van der Waals surface area contributed by atoms with Crippen LogP contribution in [0.4, 0.5) is 0 Å². The lowest BCUT2D eigenvalue weighted by Crippen LogP contribution is -2.40. The molecule has 6 heteroatoms. The molecule has 0 aliphatic carbocycles. The van der Waals surface area contributed by atoms with Gasteiger partial charge in [-0.25, -0.2) is 0 Å². The van der Waals surface area contributed by atoms with Crippen LogP contribution in [0.3, 0.4) is 0 Å². The van der Waals surface area contributed by atoms with Crippen LogP contribution in [-0.2, 0) is 7.05 Å². The molecule has 1 fully saturated rings. The largest absolute Gasteiger partial charge is 0.497 e. The minimum absolute atomic E-state index is 0.102. The third kappa shape index (κ3) is 4.40. The standard InChI is InChI=1S/C20H26ClN3O2/c1-23-14-16(21)12-18(23)20(25)22-13-19(24-10-4-3-5-11-24)15-6-8-17(26-2)9-7-15/h6-9,12,14,19H,3-5,10-11,13H2,1-2H3,(H,22,25)/t19-/m0/s1. The van der Waals surface area contributed by atoms with Crippen LogP contribution in [0.25, 0.3) is 0 Å². The first-order chi connectivity index (χ1) is 12.6. The highest BCUT2D eigenvalue weighted by molar-refractivity contribution is 6.31. The first-order valence-corrected chi connectivity index (χ1v) is 9.44. The quantitative estimate of drug-likeness (QED) is 0.838. The summed E-state index contributed by atoms with van der Waals surface area (Å²) in [7, 11) is 3.49. The number of ether oxygens (including phenoxy) is 1. The molecule has 0 radical (unpaired) electrons. The summed E-state index contributed by atoms with van der Waals surface area (Å²) in [4.78, 5) is 15.0. The lowest BCUT2D eigenvalue weighted by atomic mass is 10.0. The van der Waals surface area contributed by atoms with Crippen LogP contribution in [-0.4, -0.2) is 42.1 Å². The summed E-state index contributed by atoms with van der Waals surface area (Å²) < 4.78 is 7.02. The smallest absolute Gasteiger partial charge is 0.268 e. The van der Waals surface area contributed by atoms with E-state index in [1.54, 1.807) is 23.9 Å². The molecule has 0 unspecified atom stereocenters. The van der Waals surface area contributed by atoms with Crippen molar-refractivity contribution in [2.45, 2.75) is 25.3 Å². The number of piperidine rings is 1. The molecule has 0 spiro atoms. The van der Waals surface area contributed by atoms with Crippen LogP contribution in [0.1, 0.15) is 41.4 Å². The minimum Gasteiger partial charge on any atom is -0.497 e. The summed E-state index contributed by atoms with van der Waals surface area (Å²) >= 11 is 6.00. The Labute approximate surface area is 159 Å². The van der Waals surface area contributed by atoms with Crippen molar-refractivity contribution >= 4 is 17.5 Å². The second kappa shape index (κ2) is 8.60. The number of carbonyl (C=O) groups is 1. The zero-order chi connectivity index (χ0) is 18.5. The summed E-state index contributed by atoms with van der Waals surface area (Å²) in [5, 5.41) is 3.66. The maximum atomic E-state index is 12.6. The van der Waals surface area contributed by atoms with Crippen LogP contribution in [0.5, 0.6) is 5.75 Å². The van der Waals surface area contributed by atoms with Crippen molar-refractivity contribution in [3.8, 4) is 5.75 Å². The number of carbonyl (C=O) groups excluding carboxylic acids is 1. The van der Waals surface area contributed by atoms with E-state index in [1.165, 1.54) is 24.8 Å². The molecule has 5 nitrogen and oxygen atoms in total. The number of nitrogens with one attached hydrogen (secondary N) is 1. The van der Waals surface area contributed by atoms with Gasteiger partial charge in [-0.2, -0.15) is 0 Å². The van der Waals surface area contributed by atoms with Crippen LogP contribution in [0.2, 0.25) is 5.02 Å². The van der Waals surface area contributed by atoms with Crippen molar-refractivity contribution in [1.82, 2.24) is 14.8 Å². The fourth-order valence-electron chi connectivity index (χ4n) is 3.54. The van der Waals surface area contributed by atoms with Gasteiger partial charge < -0.3 is 14.6 Å². The van der Waals surface area contributed by atoms with E-state index in [0.717, 1.165) is 18.8 Å². The van der Waals surface area contributed by atoms with Gasteiger partial charge in [0, 0.05) is 19.8 Å². The number of methoxy groups -OCH3 is 1. The number of halogens is 1. The number of amides is 1. The van der Waals surface area contributed by atoms with E-state index in [0.29, 0.717) is 17.3 Å². The Balaban J connectivity index is 1.74. The van der Waals surface area contributed by atoms with Gasteiger partial charge in [0.15, 0.2) is 0 Å². The maximum Gasteiger partial charge on any atom is 0.268 e. The van der Waals surface area contributed by atoms with E-state index in [1.807, 2.05) is 19.2 Å². The lowest BCUT2D eigenvalue weighted by Gasteiger charge is -2.35. The highest BCUT2D eigenvalue weighted by Crippen LogP contribution is 2.26. The molecule has 0 saturated carbocycles. The van der Waals surface area contributed by atoms with Crippen molar-refractivity contribution in [1.29, 1.82) is 0 Å². The third-order valence-electron chi connectivity index (χ3n) is 4.99. The normalized spacial score (nSPS) is 16.3. The Morgan fingerprint density at radius 2 is 1.92 bits per heavy atom. The third-order valence-corrected chi connectivity index (χ3v) is 5.20. The number of aryl methyl sites for hydroxylation is 1. The highest BCUT2D eigenvalue weighted by atomic mass is 35.5. The Morgan fingerprint density at radius 1 is 1.23 bits per heavy atom. The summed E-state index contributed by atoms with van der Waals surface area (Å²) in [6, 6.07) is 9.98. The molecule has 140 valence electrons. The average Bonchev–Trinajstić information content (AvgIpc) is 3.01. The van der Waals surface area contributed by atoms with E-state index < -0.39 is 0 Å². The molecule has 2 heterocycles. The highest BCUT2D eigenvalue weighted by Gasteiger charge is 2.23. The topological polar surface area (TPSA) is 46.5 Å². The number of hydrogen-bond donors (Lipinski definition) is 1. The van der Waals surface area contributed by atoms with Crippen LogP contribution in [0, 0.1) is 0 Å². The fraction of sp³-hybridized carbons (Fsp3) is 0.450. The van der Waals surface area contributed by atoms with Gasteiger partial charge in [0.05, 0.1) is 18.2 Å². The summed E-state index contributed by atoms with van der Waals surface area (Å²) in [5.41, 5.74) is 1.76. The van der Waals surface area contributed by atoms with E-state index in [2.05, 4.69) is 22.3 Å². The molecule has 1 saturated heterocycles. The predicted molar refractivity (Wildman–Crippen MR) is 104 cm³/mol. The Morgan fingerprint density at radius 3 is 2.50 bits per heavy atom. The molecule has 2 aromatic rings. The first kappa shape index (κ1) is 18.8. The van der Waals surface area contributed by atoms with Crippen molar-refractivity contribution in [2.24, 2.45) is 7.05 Å². The van der Waals surface area contributed by atoms with Gasteiger partial charge in [-0.3, -0.25) is 9.69 Å². The lowest BCUT2D eigenvalue weighted by molar-refractivity contribution is 0.0916. The Bertz CT molecular complexity index is 736. The molecule has 1 aliphatic rings. The van der Waals surface area contributed by atoms with Gasteiger partial charge in [0.2, 0.25) is 0 Å². The van der Waals surface area contributed by atoms with Gasteiger partial charge in [0.1, 0.15) is 11.4 Å². The molecule has 1 atom stereocenters. The first-order valence-electron chi connectivity index (χ1n) is 9.06. The zero-order valence-corrected chi connectivity index (χ0v) is 16.1. The zero-order valence-electron chi connectivity index (χ0n) is 15.4. The van der Waals surface area contributed by atoms with Crippen molar-refractivity contribution in [3.05, 3.63) is 52.8 Å². The van der Waals surface area contributed by atoms with Gasteiger partial charge in [-0.15, -0.1) is 0 Å². The number of benzene rings is 1. The van der Waals surface area contributed by atoms with E-state index >= 15 is 0 Å². The van der Waals surface area contributed by atoms with Crippen molar-refractivity contribution in [2.75, 3.05) is 26.7 Å². The molecule has 1 aromatic heterocycles. The van der Waals surface area contributed by atoms with Gasteiger partial charge in [-0.05, 0) is 49.7 Å². The number of rotatable bonds is 6. The number of likely N-dealkylation sites (tertiary alicyclic amines) is 1. The second-order valence-electron chi connectivity index (χ2n) is 6.75. The monoisotopic (exact) mass is 375 g/mol. The van der Waals surface area contributed by atoms with Gasteiger partial charge in [0.25, 0.3) is 5.91 Å². The second-order valence-corrected chi connectivity index (χ2v) is 7.19. The van der Waals surface area contributed by atoms with Crippen molar-refractivity contribution < 1.29 is 9.53 Å². The average molecular weight is 376 g/mol. The van der Waals surface area contributed by atoms with E-state index in [-0.39, 0.29) is 11.9 Å². The molecule has 0 bridgehead atoms. The SMILES string of the molecule is COc1ccc([C@H](CNC(=O)c2cc(Cl)cn2C)N2CCCCC2)cc1. The molecule has 1 aromatic carbocycles. The predicted octanol–water partition coefficient (Wildman–Crippen LogP) is 3.64. The van der Waals surface area contributed by atoms with Crippen molar-refractivity contribution in [3.63, 3.8) is 0 Å². The van der Waals surface area contributed by atoms with Gasteiger partial charge in [-0.1, -0.05) is 30.2 Å². The molecule has 26 heavy (non-hydrogen) atoms. The van der Waals surface area contributed by atoms with E-state index in [9.17, 15) is 4.79 Å². The number of aromatic nitrogens is 1. The summed E-state index contributed by atoms with van der Waals surface area (Å²) in [5.74, 6) is 0.739. The molecule has 3 rings (SSSR count). The van der Waals surface area contributed by atoms with Crippen LogP contribution < -0.4 is 10.1 Å². The fourth-order valence-corrected chi connectivity index (χ4v) is 3.79. The molecule has 1 aliphatic heterocycles. The summed E-state index contributed by atoms with van der Waals surface area (Å²) in [6.07, 6.45) is 5.42. The molecule has 1 amide bonds. The summed E-state index contributed by atoms with van der Waals surface area (Å²) in [6.45, 7) is 2.68.